The van der Waals surface area contributed by atoms with Crippen LogP contribution in [-0.2, 0) is 0 Å². The minimum atomic E-state index is 0.488. The van der Waals surface area contributed by atoms with Crippen molar-refractivity contribution in [3.8, 4) is 5.75 Å². The zero-order valence-corrected chi connectivity index (χ0v) is 11.3. The third kappa shape index (κ3) is 3.95. The SMILES string of the molecule is COc1ccc(C(C)CCNc2ncccn2)cc1. The van der Waals surface area contributed by atoms with Crippen molar-refractivity contribution in [2.24, 2.45) is 0 Å². The maximum Gasteiger partial charge on any atom is 0.222 e. The van der Waals surface area contributed by atoms with Gasteiger partial charge < -0.3 is 10.1 Å². The topological polar surface area (TPSA) is 47.0 Å². The van der Waals surface area contributed by atoms with Crippen molar-refractivity contribution in [1.82, 2.24) is 9.97 Å². The fraction of sp³-hybridized carbons (Fsp3) is 0.333. The summed E-state index contributed by atoms with van der Waals surface area (Å²) in [5.74, 6) is 2.07. The fourth-order valence-corrected chi connectivity index (χ4v) is 1.89. The molecule has 2 rings (SSSR count). The molecule has 0 spiro atoms. The molecule has 1 unspecified atom stereocenters. The molecule has 0 aliphatic rings. The monoisotopic (exact) mass is 257 g/mol. The summed E-state index contributed by atoms with van der Waals surface area (Å²) in [6.45, 7) is 3.08. The van der Waals surface area contributed by atoms with Gasteiger partial charge in [-0.1, -0.05) is 19.1 Å². The van der Waals surface area contributed by atoms with Gasteiger partial charge in [-0.05, 0) is 36.1 Å². The molecule has 2 aromatic rings. The maximum atomic E-state index is 5.16. The molecule has 1 aromatic carbocycles. The Bertz CT molecular complexity index is 485. The molecule has 1 heterocycles. The number of anilines is 1. The van der Waals surface area contributed by atoms with E-state index in [2.05, 4.69) is 34.3 Å². The fourth-order valence-electron chi connectivity index (χ4n) is 1.89. The molecular formula is C15H19N3O. The molecule has 0 aliphatic carbocycles. The quantitative estimate of drug-likeness (QED) is 0.863. The predicted molar refractivity (Wildman–Crippen MR) is 76.5 cm³/mol. The minimum absolute atomic E-state index is 0.488. The molecule has 0 radical (unpaired) electrons. The molecule has 1 N–H and O–H groups in total. The van der Waals surface area contributed by atoms with Crippen LogP contribution in [0.15, 0.2) is 42.7 Å². The first-order valence-corrected chi connectivity index (χ1v) is 6.44. The van der Waals surface area contributed by atoms with E-state index in [1.807, 2.05) is 18.2 Å². The summed E-state index contributed by atoms with van der Waals surface area (Å²) in [7, 11) is 1.68. The third-order valence-electron chi connectivity index (χ3n) is 3.11. The Labute approximate surface area is 113 Å². The minimum Gasteiger partial charge on any atom is -0.497 e. The van der Waals surface area contributed by atoms with Crippen molar-refractivity contribution in [1.29, 1.82) is 0 Å². The summed E-state index contributed by atoms with van der Waals surface area (Å²) < 4.78 is 5.16. The lowest BCUT2D eigenvalue weighted by atomic mass is 9.98. The van der Waals surface area contributed by atoms with Gasteiger partial charge in [0, 0.05) is 18.9 Å². The lowest BCUT2D eigenvalue weighted by Crippen LogP contribution is -2.08. The summed E-state index contributed by atoms with van der Waals surface area (Å²) in [6, 6.07) is 10.0. The van der Waals surface area contributed by atoms with Crippen molar-refractivity contribution in [2.75, 3.05) is 19.0 Å². The van der Waals surface area contributed by atoms with E-state index < -0.39 is 0 Å². The normalized spacial score (nSPS) is 11.9. The third-order valence-corrected chi connectivity index (χ3v) is 3.11. The van der Waals surface area contributed by atoms with E-state index in [1.54, 1.807) is 19.5 Å². The Morgan fingerprint density at radius 1 is 1.16 bits per heavy atom. The van der Waals surface area contributed by atoms with Crippen LogP contribution in [0.1, 0.15) is 24.8 Å². The van der Waals surface area contributed by atoms with Crippen molar-refractivity contribution in [2.45, 2.75) is 19.3 Å². The zero-order chi connectivity index (χ0) is 13.5. The summed E-state index contributed by atoms with van der Waals surface area (Å²) >= 11 is 0. The Hall–Kier alpha value is -2.10. The van der Waals surface area contributed by atoms with E-state index in [0.29, 0.717) is 11.9 Å². The first kappa shape index (κ1) is 13.3. The Morgan fingerprint density at radius 2 is 1.84 bits per heavy atom. The second kappa shape index (κ2) is 6.73. The number of hydrogen-bond donors (Lipinski definition) is 1. The first-order chi connectivity index (χ1) is 9.29. The van der Waals surface area contributed by atoms with Crippen molar-refractivity contribution < 1.29 is 4.74 Å². The van der Waals surface area contributed by atoms with Gasteiger partial charge in [-0.2, -0.15) is 0 Å². The number of hydrogen-bond acceptors (Lipinski definition) is 4. The van der Waals surface area contributed by atoms with Crippen molar-refractivity contribution in [3.63, 3.8) is 0 Å². The lowest BCUT2D eigenvalue weighted by Gasteiger charge is -2.13. The average molecular weight is 257 g/mol. The zero-order valence-electron chi connectivity index (χ0n) is 11.3. The second-order valence-electron chi connectivity index (χ2n) is 4.46. The highest BCUT2D eigenvalue weighted by Gasteiger charge is 2.05. The average Bonchev–Trinajstić information content (AvgIpc) is 2.48. The molecule has 0 aliphatic heterocycles. The number of nitrogens with zero attached hydrogens (tertiary/aromatic N) is 2. The Morgan fingerprint density at radius 3 is 2.47 bits per heavy atom. The standard InChI is InChI=1S/C15H19N3O/c1-12(13-4-6-14(19-2)7-5-13)8-11-18-15-16-9-3-10-17-15/h3-7,9-10,12H,8,11H2,1-2H3,(H,16,17,18). The lowest BCUT2D eigenvalue weighted by molar-refractivity contribution is 0.414. The molecule has 0 amide bonds. The molecule has 1 atom stereocenters. The molecule has 4 nitrogen and oxygen atoms in total. The molecule has 0 fully saturated rings. The van der Waals surface area contributed by atoms with E-state index in [4.69, 9.17) is 4.74 Å². The van der Waals surface area contributed by atoms with Gasteiger partial charge in [0.2, 0.25) is 5.95 Å². The van der Waals surface area contributed by atoms with Crippen LogP contribution in [0.2, 0.25) is 0 Å². The Kier molecular flexibility index (Phi) is 4.72. The molecule has 19 heavy (non-hydrogen) atoms. The van der Waals surface area contributed by atoms with E-state index in [0.717, 1.165) is 18.7 Å². The number of aromatic nitrogens is 2. The molecule has 0 bridgehead atoms. The van der Waals surface area contributed by atoms with Crippen LogP contribution in [0.3, 0.4) is 0 Å². The number of ether oxygens (including phenoxy) is 1. The number of nitrogens with one attached hydrogen (secondary N) is 1. The van der Waals surface area contributed by atoms with Gasteiger partial charge in [0.05, 0.1) is 7.11 Å². The van der Waals surface area contributed by atoms with Crippen LogP contribution < -0.4 is 10.1 Å². The van der Waals surface area contributed by atoms with Crippen LogP contribution in [0.4, 0.5) is 5.95 Å². The van der Waals surface area contributed by atoms with Gasteiger partial charge in [-0.3, -0.25) is 0 Å². The molecule has 1 aromatic heterocycles. The van der Waals surface area contributed by atoms with Gasteiger partial charge >= 0.3 is 0 Å². The van der Waals surface area contributed by atoms with Crippen LogP contribution in [-0.4, -0.2) is 23.6 Å². The van der Waals surface area contributed by atoms with Crippen molar-refractivity contribution >= 4 is 5.95 Å². The highest BCUT2D eigenvalue weighted by atomic mass is 16.5. The molecule has 100 valence electrons. The van der Waals surface area contributed by atoms with Crippen molar-refractivity contribution in [3.05, 3.63) is 48.3 Å². The Balaban J connectivity index is 1.82. The van der Waals surface area contributed by atoms with Gasteiger partial charge in [-0.25, -0.2) is 9.97 Å². The van der Waals surface area contributed by atoms with Gasteiger partial charge in [-0.15, -0.1) is 0 Å². The number of methoxy groups -OCH3 is 1. The van der Waals surface area contributed by atoms with Gasteiger partial charge in [0.1, 0.15) is 5.75 Å². The van der Waals surface area contributed by atoms with Crippen LogP contribution in [0, 0.1) is 0 Å². The molecular weight excluding hydrogens is 238 g/mol. The predicted octanol–water partition coefficient (Wildman–Crippen LogP) is 3.09. The summed E-state index contributed by atoms with van der Waals surface area (Å²) in [4.78, 5) is 8.26. The summed E-state index contributed by atoms with van der Waals surface area (Å²) in [5.41, 5.74) is 1.32. The van der Waals surface area contributed by atoms with Crippen LogP contribution >= 0.6 is 0 Å². The molecule has 0 saturated heterocycles. The highest BCUT2D eigenvalue weighted by molar-refractivity contribution is 5.29. The molecule has 4 heteroatoms. The van der Waals surface area contributed by atoms with E-state index in [9.17, 15) is 0 Å². The first-order valence-electron chi connectivity index (χ1n) is 6.44. The van der Waals surface area contributed by atoms with E-state index in [1.165, 1.54) is 5.56 Å². The van der Waals surface area contributed by atoms with Gasteiger partial charge in [0.15, 0.2) is 0 Å². The van der Waals surface area contributed by atoms with Crippen LogP contribution in [0.25, 0.3) is 0 Å². The second-order valence-corrected chi connectivity index (χ2v) is 4.46. The molecule has 0 saturated carbocycles. The number of rotatable bonds is 6. The largest absolute Gasteiger partial charge is 0.497 e. The van der Waals surface area contributed by atoms with E-state index in [-0.39, 0.29) is 0 Å². The van der Waals surface area contributed by atoms with Gasteiger partial charge in [0.25, 0.3) is 0 Å². The summed E-state index contributed by atoms with van der Waals surface area (Å²) in [5, 5.41) is 3.22. The smallest absolute Gasteiger partial charge is 0.222 e. The van der Waals surface area contributed by atoms with E-state index >= 15 is 0 Å². The highest BCUT2D eigenvalue weighted by Crippen LogP contribution is 2.21. The maximum absolute atomic E-state index is 5.16. The summed E-state index contributed by atoms with van der Waals surface area (Å²) in [6.07, 6.45) is 4.51. The number of benzene rings is 1. The van der Waals surface area contributed by atoms with Crippen LogP contribution in [0.5, 0.6) is 5.75 Å².